The van der Waals surface area contributed by atoms with E-state index in [1.165, 1.54) is 18.6 Å². The number of alkyl halides is 3. The molecular weight excluding hydrogens is 295 g/mol. The van der Waals surface area contributed by atoms with Crippen LogP contribution in [0.4, 0.5) is 13.2 Å². The summed E-state index contributed by atoms with van der Waals surface area (Å²) in [6.45, 7) is -0.0594. The number of halogens is 3. The number of amides is 1. The highest BCUT2D eigenvalue weighted by atomic mass is 19.4. The van der Waals surface area contributed by atoms with E-state index < -0.39 is 17.8 Å². The standard InChI is InChI=1S/C16H18F3NO2/c17-16(18,19)10-4-1-3-9(7-10)13(21)8-20-15(22)14-11-5-2-6-12(11)14/h1,3-4,7,11-14,21H,2,5-6,8H2,(H,20,22)/t11-,12+,13-,14?/m0/s1. The Morgan fingerprint density at radius 1 is 1.32 bits per heavy atom. The molecule has 0 saturated heterocycles. The predicted molar refractivity (Wildman–Crippen MR) is 73.7 cm³/mol. The minimum atomic E-state index is -4.44. The first-order chi connectivity index (χ1) is 10.4. The lowest BCUT2D eigenvalue weighted by atomic mass is 10.1. The number of rotatable bonds is 4. The molecule has 2 aliphatic rings. The van der Waals surface area contributed by atoms with Gasteiger partial charge >= 0.3 is 6.18 Å². The van der Waals surface area contributed by atoms with Crippen LogP contribution < -0.4 is 5.32 Å². The van der Waals surface area contributed by atoms with Gasteiger partial charge in [-0.05, 0) is 42.4 Å². The summed E-state index contributed by atoms with van der Waals surface area (Å²) in [6.07, 6.45) is -2.24. The van der Waals surface area contributed by atoms with Crippen LogP contribution in [-0.2, 0) is 11.0 Å². The van der Waals surface area contributed by atoms with Gasteiger partial charge in [-0.1, -0.05) is 18.6 Å². The molecule has 2 N–H and O–H groups in total. The van der Waals surface area contributed by atoms with Gasteiger partial charge in [0.1, 0.15) is 0 Å². The van der Waals surface area contributed by atoms with Gasteiger partial charge < -0.3 is 10.4 Å². The number of hydrogen-bond donors (Lipinski definition) is 2. The summed E-state index contributed by atoms with van der Waals surface area (Å²) in [6, 6.07) is 4.56. The summed E-state index contributed by atoms with van der Waals surface area (Å²) in [5.41, 5.74) is -0.641. The summed E-state index contributed by atoms with van der Waals surface area (Å²) in [5.74, 6) is 0.916. The van der Waals surface area contributed by atoms with E-state index in [0.717, 1.165) is 25.0 Å². The molecule has 3 rings (SSSR count). The molecule has 2 fully saturated rings. The minimum Gasteiger partial charge on any atom is -0.387 e. The lowest BCUT2D eigenvalue weighted by molar-refractivity contribution is -0.137. The highest BCUT2D eigenvalue weighted by Gasteiger charge is 2.56. The van der Waals surface area contributed by atoms with E-state index >= 15 is 0 Å². The molecule has 2 saturated carbocycles. The molecule has 0 aromatic heterocycles. The van der Waals surface area contributed by atoms with E-state index in [1.54, 1.807) is 0 Å². The molecule has 1 aromatic carbocycles. The first-order valence-corrected chi connectivity index (χ1v) is 7.51. The largest absolute Gasteiger partial charge is 0.416 e. The Bertz CT molecular complexity index is 563. The van der Waals surface area contributed by atoms with Crippen molar-refractivity contribution >= 4 is 5.91 Å². The summed E-state index contributed by atoms with van der Waals surface area (Å²) in [4.78, 5) is 12.0. The van der Waals surface area contributed by atoms with Crippen LogP contribution in [0.5, 0.6) is 0 Å². The molecular formula is C16H18F3NO2. The van der Waals surface area contributed by atoms with Gasteiger partial charge in [-0.3, -0.25) is 4.79 Å². The Labute approximate surface area is 126 Å². The molecule has 1 unspecified atom stereocenters. The minimum absolute atomic E-state index is 0.0439. The van der Waals surface area contributed by atoms with Crippen molar-refractivity contribution in [1.82, 2.24) is 5.32 Å². The number of aliphatic hydroxyl groups excluding tert-OH is 1. The van der Waals surface area contributed by atoms with Crippen molar-refractivity contribution in [3.05, 3.63) is 35.4 Å². The number of aliphatic hydroxyl groups is 1. The molecule has 6 heteroatoms. The highest BCUT2D eigenvalue weighted by Crippen LogP contribution is 2.57. The lowest BCUT2D eigenvalue weighted by Crippen LogP contribution is -2.30. The number of carbonyl (C=O) groups is 1. The zero-order valence-electron chi connectivity index (χ0n) is 11.9. The van der Waals surface area contributed by atoms with Gasteiger partial charge in [-0.25, -0.2) is 0 Å². The Balaban J connectivity index is 1.56. The van der Waals surface area contributed by atoms with Crippen molar-refractivity contribution in [2.24, 2.45) is 17.8 Å². The topological polar surface area (TPSA) is 49.3 Å². The van der Waals surface area contributed by atoms with Crippen LogP contribution in [0.15, 0.2) is 24.3 Å². The van der Waals surface area contributed by atoms with Crippen molar-refractivity contribution in [3.63, 3.8) is 0 Å². The highest BCUT2D eigenvalue weighted by molar-refractivity contribution is 5.82. The smallest absolute Gasteiger partial charge is 0.387 e. The molecule has 1 aromatic rings. The monoisotopic (exact) mass is 313 g/mol. The zero-order chi connectivity index (χ0) is 15.9. The third-order valence-electron chi connectivity index (χ3n) is 4.78. The van der Waals surface area contributed by atoms with E-state index in [4.69, 9.17) is 0 Å². The second-order valence-electron chi connectivity index (χ2n) is 6.17. The van der Waals surface area contributed by atoms with E-state index in [-0.39, 0.29) is 23.9 Å². The zero-order valence-corrected chi connectivity index (χ0v) is 11.9. The summed E-state index contributed by atoms with van der Waals surface area (Å²) < 4.78 is 37.9. The summed E-state index contributed by atoms with van der Waals surface area (Å²) in [7, 11) is 0. The van der Waals surface area contributed by atoms with Crippen LogP contribution in [0.3, 0.4) is 0 Å². The molecule has 0 heterocycles. The third-order valence-corrected chi connectivity index (χ3v) is 4.78. The Morgan fingerprint density at radius 2 is 2.00 bits per heavy atom. The van der Waals surface area contributed by atoms with E-state index in [2.05, 4.69) is 5.32 Å². The number of fused-ring (bicyclic) bond motifs is 1. The number of nitrogens with one attached hydrogen (secondary N) is 1. The lowest BCUT2D eigenvalue weighted by Gasteiger charge is -2.15. The SMILES string of the molecule is O=C(NC[C@H](O)c1cccc(C(F)(F)F)c1)C1[C@H]2CCC[C@@H]12. The van der Waals surface area contributed by atoms with Crippen molar-refractivity contribution in [2.45, 2.75) is 31.5 Å². The third kappa shape index (κ3) is 2.97. The fraction of sp³-hybridized carbons (Fsp3) is 0.562. The molecule has 3 nitrogen and oxygen atoms in total. The quantitative estimate of drug-likeness (QED) is 0.898. The van der Waals surface area contributed by atoms with Gasteiger partial charge in [-0.15, -0.1) is 0 Å². The van der Waals surface area contributed by atoms with Gasteiger partial charge in [0.25, 0.3) is 0 Å². The summed E-state index contributed by atoms with van der Waals surface area (Å²) >= 11 is 0. The number of benzene rings is 1. The maximum Gasteiger partial charge on any atom is 0.416 e. The molecule has 4 atom stereocenters. The van der Waals surface area contributed by atoms with Crippen LogP contribution in [0.1, 0.15) is 36.5 Å². The van der Waals surface area contributed by atoms with Gasteiger partial charge in [0, 0.05) is 12.5 Å². The summed E-state index contributed by atoms with van der Waals surface area (Å²) in [5, 5.41) is 12.6. The van der Waals surface area contributed by atoms with Gasteiger partial charge in [0.05, 0.1) is 11.7 Å². The molecule has 2 aliphatic carbocycles. The van der Waals surface area contributed by atoms with Crippen LogP contribution in [0.2, 0.25) is 0 Å². The fourth-order valence-corrected chi connectivity index (χ4v) is 3.57. The second-order valence-corrected chi connectivity index (χ2v) is 6.17. The fourth-order valence-electron chi connectivity index (χ4n) is 3.57. The average molecular weight is 313 g/mol. The van der Waals surface area contributed by atoms with Crippen LogP contribution in [0.25, 0.3) is 0 Å². The Hall–Kier alpha value is -1.56. The maximum absolute atomic E-state index is 12.6. The normalized spacial score (nSPS) is 28.1. The molecule has 1 amide bonds. The molecule has 120 valence electrons. The van der Waals surface area contributed by atoms with Crippen molar-refractivity contribution in [3.8, 4) is 0 Å². The number of carbonyl (C=O) groups excluding carboxylic acids is 1. The van der Waals surface area contributed by atoms with Crippen molar-refractivity contribution in [2.75, 3.05) is 6.54 Å². The van der Waals surface area contributed by atoms with Gasteiger partial charge in [-0.2, -0.15) is 13.2 Å². The number of hydrogen-bond acceptors (Lipinski definition) is 2. The Morgan fingerprint density at radius 3 is 2.64 bits per heavy atom. The molecule has 22 heavy (non-hydrogen) atoms. The first-order valence-electron chi connectivity index (χ1n) is 7.51. The van der Waals surface area contributed by atoms with E-state index in [9.17, 15) is 23.1 Å². The van der Waals surface area contributed by atoms with Crippen LogP contribution in [0, 0.1) is 17.8 Å². The predicted octanol–water partition coefficient (Wildman–Crippen LogP) is 2.90. The van der Waals surface area contributed by atoms with E-state index in [1.807, 2.05) is 0 Å². The van der Waals surface area contributed by atoms with Crippen molar-refractivity contribution in [1.29, 1.82) is 0 Å². The Kier molecular flexibility index (Phi) is 3.89. The van der Waals surface area contributed by atoms with Crippen LogP contribution in [-0.4, -0.2) is 17.6 Å². The van der Waals surface area contributed by atoms with Crippen LogP contribution >= 0.6 is 0 Å². The molecule has 0 aliphatic heterocycles. The molecule has 0 spiro atoms. The second kappa shape index (κ2) is 5.57. The average Bonchev–Trinajstić information content (AvgIpc) is 2.96. The van der Waals surface area contributed by atoms with Gasteiger partial charge in [0.2, 0.25) is 5.91 Å². The first kappa shape index (κ1) is 15.3. The van der Waals surface area contributed by atoms with Crippen molar-refractivity contribution < 1.29 is 23.1 Å². The van der Waals surface area contributed by atoms with E-state index in [0.29, 0.717) is 11.8 Å². The maximum atomic E-state index is 12.6. The van der Waals surface area contributed by atoms with Gasteiger partial charge in [0.15, 0.2) is 0 Å². The molecule has 0 bridgehead atoms. The molecule has 0 radical (unpaired) electrons.